The van der Waals surface area contributed by atoms with Crippen molar-refractivity contribution in [1.29, 1.82) is 0 Å². The average molecular weight is 432 g/mol. The van der Waals surface area contributed by atoms with E-state index in [9.17, 15) is 9.59 Å². The summed E-state index contributed by atoms with van der Waals surface area (Å²) in [7, 11) is 3.72. The summed E-state index contributed by atoms with van der Waals surface area (Å²) >= 11 is 0. The second-order valence-electron chi connectivity index (χ2n) is 7.63. The van der Waals surface area contributed by atoms with Crippen LogP contribution in [0.25, 0.3) is 11.1 Å². The number of benzene rings is 1. The summed E-state index contributed by atoms with van der Waals surface area (Å²) in [5.74, 6) is -0.0994. The number of anilines is 1. The minimum Gasteiger partial charge on any atom is -0.368 e. The molecule has 0 saturated carbocycles. The molecule has 0 bridgehead atoms. The fraction of sp³-hybridized carbons (Fsp3) is 0.261. The first-order chi connectivity index (χ1) is 15.4. The van der Waals surface area contributed by atoms with E-state index < -0.39 is 12.0 Å². The minimum absolute atomic E-state index is 0.145. The SMILES string of the molecule is CN(C)c1ncc(-c2ccc(C(N)=O)cc2)c([C@H]2CN(C(=O)c3ccccn3)CCO2)n1. The fourth-order valence-corrected chi connectivity index (χ4v) is 3.53. The molecule has 1 aliphatic heterocycles. The third-order valence-corrected chi connectivity index (χ3v) is 5.23. The van der Waals surface area contributed by atoms with Crippen molar-refractivity contribution in [1.82, 2.24) is 19.9 Å². The maximum atomic E-state index is 12.9. The van der Waals surface area contributed by atoms with Gasteiger partial charge in [-0.2, -0.15) is 0 Å². The number of ether oxygens (including phenoxy) is 1. The molecule has 2 amide bonds. The van der Waals surface area contributed by atoms with Crippen LogP contribution in [0.5, 0.6) is 0 Å². The van der Waals surface area contributed by atoms with E-state index in [2.05, 4.69) is 9.97 Å². The Hall–Kier alpha value is -3.85. The Morgan fingerprint density at radius 3 is 2.56 bits per heavy atom. The number of morpholine rings is 1. The number of carbonyl (C=O) groups excluding carboxylic acids is 2. The smallest absolute Gasteiger partial charge is 0.272 e. The monoisotopic (exact) mass is 432 g/mol. The molecule has 164 valence electrons. The molecule has 0 spiro atoms. The molecular weight excluding hydrogens is 408 g/mol. The maximum absolute atomic E-state index is 12.9. The zero-order valence-electron chi connectivity index (χ0n) is 17.9. The van der Waals surface area contributed by atoms with E-state index in [1.54, 1.807) is 59.8 Å². The Kier molecular flexibility index (Phi) is 6.09. The number of amides is 2. The maximum Gasteiger partial charge on any atom is 0.272 e. The van der Waals surface area contributed by atoms with Gasteiger partial charge in [0, 0.05) is 44.2 Å². The van der Waals surface area contributed by atoms with Gasteiger partial charge >= 0.3 is 0 Å². The lowest BCUT2D eigenvalue weighted by molar-refractivity contribution is -0.0246. The van der Waals surface area contributed by atoms with Crippen molar-refractivity contribution >= 4 is 17.8 Å². The van der Waals surface area contributed by atoms with Crippen LogP contribution in [0.4, 0.5) is 5.95 Å². The van der Waals surface area contributed by atoms with Gasteiger partial charge in [-0.15, -0.1) is 0 Å². The van der Waals surface area contributed by atoms with Crippen molar-refractivity contribution in [3.05, 3.63) is 71.8 Å². The van der Waals surface area contributed by atoms with Crippen LogP contribution in [0.3, 0.4) is 0 Å². The number of hydrogen-bond donors (Lipinski definition) is 1. The van der Waals surface area contributed by atoms with Crippen LogP contribution < -0.4 is 10.6 Å². The van der Waals surface area contributed by atoms with E-state index in [4.69, 9.17) is 15.5 Å². The van der Waals surface area contributed by atoms with Gasteiger partial charge in [0.05, 0.1) is 18.8 Å². The lowest BCUT2D eigenvalue weighted by Crippen LogP contribution is -2.43. The topological polar surface area (TPSA) is 115 Å². The van der Waals surface area contributed by atoms with Crippen molar-refractivity contribution in [3.63, 3.8) is 0 Å². The predicted octanol–water partition coefficient (Wildman–Crippen LogP) is 1.92. The molecule has 1 fully saturated rings. The molecule has 3 aromatic rings. The third kappa shape index (κ3) is 4.42. The molecule has 9 nitrogen and oxygen atoms in total. The summed E-state index contributed by atoms with van der Waals surface area (Å²) in [5, 5.41) is 0. The highest BCUT2D eigenvalue weighted by atomic mass is 16.5. The Morgan fingerprint density at radius 2 is 1.91 bits per heavy atom. The molecule has 9 heteroatoms. The number of pyridine rings is 1. The predicted molar refractivity (Wildman–Crippen MR) is 119 cm³/mol. The number of primary amides is 1. The van der Waals surface area contributed by atoms with Crippen LogP contribution in [0, 0.1) is 0 Å². The van der Waals surface area contributed by atoms with Crippen molar-refractivity contribution in [2.24, 2.45) is 5.73 Å². The van der Waals surface area contributed by atoms with Gasteiger partial charge in [-0.05, 0) is 29.8 Å². The number of hydrogen-bond acceptors (Lipinski definition) is 7. The summed E-state index contributed by atoms with van der Waals surface area (Å²) in [6.07, 6.45) is 2.90. The number of nitrogens with zero attached hydrogens (tertiary/aromatic N) is 5. The van der Waals surface area contributed by atoms with Crippen molar-refractivity contribution in [2.75, 3.05) is 38.7 Å². The van der Waals surface area contributed by atoms with E-state index in [-0.39, 0.29) is 5.91 Å². The minimum atomic E-state index is -0.490. The number of aromatic nitrogens is 3. The van der Waals surface area contributed by atoms with Gasteiger partial charge in [0.1, 0.15) is 11.8 Å². The van der Waals surface area contributed by atoms with E-state index in [0.717, 1.165) is 11.1 Å². The lowest BCUT2D eigenvalue weighted by atomic mass is 10.00. The van der Waals surface area contributed by atoms with E-state index in [1.165, 1.54) is 0 Å². The van der Waals surface area contributed by atoms with Gasteiger partial charge in [0.15, 0.2) is 0 Å². The Labute approximate surface area is 185 Å². The number of carbonyl (C=O) groups is 2. The third-order valence-electron chi connectivity index (χ3n) is 5.23. The molecule has 1 aliphatic rings. The van der Waals surface area contributed by atoms with E-state index in [0.29, 0.717) is 42.6 Å². The zero-order valence-corrected chi connectivity index (χ0v) is 17.9. The summed E-state index contributed by atoms with van der Waals surface area (Å²) < 4.78 is 6.04. The molecule has 0 unspecified atom stereocenters. The molecule has 4 rings (SSSR count). The van der Waals surface area contributed by atoms with Crippen LogP contribution in [0.15, 0.2) is 54.9 Å². The highest BCUT2D eigenvalue weighted by Crippen LogP contribution is 2.32. The highest BCUT2D eigenvalue weighted by Gasteiger charge is 2.30. The normalized spacial score (nSPS) is 15.9. The fourth-order valence-electron chi connectivity index (χ4n) is 3.53. The van der Waals surface area contributed by atoms with Gasteiger partial charge in [-0.25, -0.2) is 9.97 Å². The largest absolute Gasteiger partial charge is 0.368 e. The van der Waals surface area contributed by atoms with Gasteiger partial charge in [-0.3, -0.25) is 14.6 Å². The molecule has 3 heterocycles. The number of nitrogens with two attached hydrogens (primary N) is 1. The highest BCUT2D eigenvalue weighted by molar-refractivity contribution is 5.93. The molecule has 1 saturated heterocycles. The van der Waals surface area contributed by atoms with Gasteiger partial charge in [-0.1, -0.05) is 18.2 Å². The van der Waals surface area contributed by atoms with Gasteiger partial charge in [0.25, 0.3) is 5.91 Å². The Bertz CT molecular complexity index is 1120. The van der Waals surface area contributed by atoms with Gasteiger partial charge in [0.2, 0.25) is 11.9 Å². The molecule has 1 atom stereocenters. The standard InChI is InChI=1S/C23H24N6O3/c1-28(2)23-26-13-17(15-6-8-16(9-7-15)21(24)30)20(27-23)19-14-29(11-12-32-19)22(31)18-5-3-4-10-25-18/h3-10,13,19H,11-12,14H2,1-2H3,(H2,24,30)/t19-/m1/s1. The van der Waals surface area contributed by atoms with Crippen molar-refractivity contribution < 1.29 is 14.3 Å². The number of rotatable bonds is 5. The van der Waals surface area contributed by atoms with E-state index >= 15 is 0 Å². The molecular formula is C23H24N6O3. The quantitative estimate of drug-likeness (QED) is 0.655. The summed E-state index contributed by atoms with van der Waals surface area (Å²) in [6.45, 7) is 1.19. The summed E-state index contributed by atoms with van der Waals surface area (Å²) in [4.78, 5) is 41.3. The van der Waals surface area contributed by atoms with Gasteiger partial charge < -0.3 is 20.3 Å². The van der Waals surface area contributed by atoms with E-state index in [1.807, 2.05) is 19.0 Å². The Balaban J connectivity index is 1.68. The first-order valence-corrected chi connectivity index (χ1v) is 10.2. The van der Waals surface area contributed by atoms with Crippen LogP contribution in [0.2, 0.25) is 0 Å². The van der Waals surface area contributed by atoms with Crippen LogP contribution in [-0.2, 0) is 4.74 Å². The van der Waals surface area contributed by atoms with Crippen molar-refractivity contribution in [3.8, 4) is 11.1 Å². The molecule has 32 heavy (non-hydrogen) atoms. The molecule has 0 radical (unpaired) electrons. The molecule has 2 aromatic heterocycles. The Morgan fingerprint density at radius 1 is 1.12 bits per heavy atom. The second-order valence-corrected chi connectivity index (χ2v) is 7.63. The van der Waals surface area contributed by atoms with Crippen molar-refractivity contribution in [2.45, 2.75) is 6.10 Å². The van der Waals surface area contributed by atoms with Crippen LogP contribution >= 0.6 is 0 Å². The second kappa shape index (κ2) is 9.11. The first kappa shape index (κ1) is 21.4. The lowest BCUT2D eigenvalue weighted by Gasteiger charge is -2.33. The molecule has 0 aliphatic carbocycles. The first-order valence-electron chi connectivity index (χ1n) is 10.2. The molecule has 2 N–H and O–H groups in total. The summed E-state index contributed by atoms with van der Waals surface area (Å²) in [5.41, 5.74) is 8.44. The molecule has 1 aromatic carbocycles. The van der Waals surface area contributed by atoms with Crippen LogP contribution in [-0.4, -0.2) is 65.5 Å². The average Bonchev–Trinajstić information content (AvgIpc) is 2.84. The summed E-state index contributed by atoms with van der Waals surface area (Å²) in [6, 6.07) is 12.2. The van der Waals surface area contributed by atoms with Crippen LogP contribution in [0.1, 0.15) is 32.6 Å². The zero-order chi connectivity index (χ0) is 22.7.